The van der Waals surface area contributed by atoms with Crippen LogP contribution < -0.4 is 4.90 Å². The quantitative estimate of drug-likeness (QED) is 0.176. The highest BCUT2D eigenvalue weighted by atomic mass is 16.3. The number of benzene rings is 9. The van der Waals surface area contributed by atoms with Crippen molar-refractivity contribution >= 4 is 60.5 Å². The molecule has 0 spiro atoms. The molecule has 0 amide bonds. The number of para-hydroxylation sites is 3. The summed E-state index contributed by atoms with van der Waals surface area (Å²) in [6, 6.07) is 71.7. The Balaban J connectivity index is 1.23. The van der Waals surface area contributed by atoms with Crippen molar-refractivity contribution in [1.29, 1.82) is 0 Å². The summed E-state index contributed by atoms with van der Waals surface area (Å²) in [5.74, 6) is 0. The SMILES string of the molecule is c1ccc(-c2cccc3cccc(-c4ccccc4N(c4cccc(-c5cccc6c5oc5ccccc56)c4)c4cccc5ccccc45)c23)cc1. The van der Waals surface area contributed by atoms with Crippen molar-refractivity contribution in [2.75, 3.05) is 4.90 Å². The van der Waals surface area contributed by atoms with Gasteiger partial charge in [-0.25, -0.2) is 0 Å². The van der Waals surface area contributed by atoms with E-state index in [0.29, 0.717) is 0 Å². The maximum atomic E-state index is 6.52. The van der Waals surface area contributed by atoms with Gasteiger partial charge in [-0.15, -0.1) is 0 Å². The smallest absolute Gasteiger partial charge is 0.143 e. The van der Waals surface area contributed by atoms with Crippen LogP contribution in [0.1, 0.15) is 0 Å². The highest BCUT2D eigenvalue weighted by molar-refractivity contribution is 6.11. The van der Waals surface area contributed by atoms with E-state index in [1.54, 1.807) is 0 Å². The van der Waals surface area contributed by atoms with E-state index in [-0.39, 0.29) is 0 Å². The van der Waals surface area contributed by atoms with Gasteiger partial charge in [-0.2, -0.15) is 0 Å². The molecule has 9 aromatic carbocycles. The highest BCUT2D eigenvalue weighted by Crippen LogP contribution is 2.47. The molecule has 244 valence electrons. The van der Waals surface area contributed by atoms with Crippen LogP contribution in [0.2, 0.25) is 0 Å². The summed E-state index contributed by atoms with van der Waals surface area (Å²) in [4.78, 5) is 2.43. The lowest BCUT2D eigenvalue weighted by molar-refractivity contribution is 0.670. The molecule has 0 aliphatic heterocycles. The van der Waals surface area contributed by atoms with Gasteiger partial charge in [0.05, 0.1) is 11.4 Å². The van der Waals surface area contributed by atoms with E-state index >= 15 is 0 Å². The second-order valence-electron chi connectivity index (χ2n) is 13.3. The van der Waals surface area contributed by atoms with Crippen LogP contribution in [0.15, 0.2) is 205 Å². The number of nitrogens with zero attached hydrogens (tertiary/aromatic N) is 1. The van der Waals surface area contributed by atoms with Crippen molar-refractivity contribution < 1.29 is 4.42 Å². The fourth-order valence-corrected chi connectivity index (χ4v) is 7.92. The fraction of sp³-hybridized carbons (Fsp3) is 0. The molecule has 10 rings (SSSR count). The van der Waals surface area contributed by atoms with Crippen molar-refractivity contribution in [3.05, 3.63) is 200 Å². The van der Waals surface area contributed by atoms with Gasteiger partial charge in [0, 0.05) is 33.0 Å². The molecule has 0 radical (unpaired) electrons. The molecule has 0 saturated heterocycles. The molecule has 2 heteroatoms. The number of hydrogen-bond acceptors (Lipinski definition) is 2. The second kappa shape index (κ2) is 12.5. The van der Waals surface area contributed by atoms with Crippen LogP contribution in [0.4, 0.5) is 17.1 Å². The van der Waals surface area contributed by atoms with Crippen molar-refractivity contribution in [3.63, 3.8) is 0 Å². The first-order chi connectivity index (χ1) is 25.8. The number of fused-ring (bicyclic) bond motifs is 5. The third-order valence-corrected chi connectivity index (χ3v) is 10.3. The van der Waals surface area contributed by atoms with Gasteiger partial charge in [0.25, 0.3) is 0 Å². The maximum Gasteiger partial charge on any atom is 0.143 e. The third-order valence-electron chi connectivity index (χ3n) is 10.3. The first kappa shape index (κ1) is 30.0. The van der Waals surface area contributed by atoms with Gasteiger partial charge in [0.15, 0.2) is 0 Å². The minimum atomic E-state index is 0.900. The summed E-state index contributed by atoms with van der Waals surface area (Å²) < 4.78 is 6.52. The molecule has 52 heavy (non-hydrogen) atoms. The molecule has 10 aromatic rings. The fourth-order valence-electron chi connectivity index (χ4n) is 7.92. The van der Waals surface area contributed by atoms with Gasteiger partial charge in [-0.1, -0.05) is 170 Å². The summed E-state index contributed by atoms with van der Waals surface area (Å²) in [6.45, 7) is 0. The van der Waals surface area contributed by atoms with Crippen LogP contribution in [-0.2, 0) is 0 Å². The first-order valence-corrected chi connectivity index (χ1v) is 17.8. The van der Waals surface area contributed by atoms with Gasteiger partial charge in [0.2, 0.25) is 0 Å². The molecular formula is C50H33NO. The number of furan rings is 1. The lowest BCUT2D eigenvalue weighted by atomic mass is 9.90. The van der Waals surface area contributed by atoms with Gasteiger partial charge >= 0.3 is 0 Å². The third kappa shape index (κ3) is 4.96. The van der Waals surface area contributed by atoms with Crippen molar-refractivity contribution in [2.24, 2.45) is 0 Å². The summed E-state index contributed by atoms with van der Waals surface area (Å²) >= 11 is 0. The molecular weight excluding hydrogens is 631 g/mol. The molecule has 1 heterocycles. The predicted octanol–water partition coefficient (Wildman–Crippen LogP) is 14.4. The van der Waals surface area contributed by atoms with Crippen molar-refractivity contribution in [3.8, 4) is 33.4 Å². The minimum Gasteiger partial charge on any atom is -0.455 e. The van der Waals surface area contributed by atoms with E-state index in [9.17, 15) is 0 Å². The Morgan fingerprint density at radius 3 is 1.83 bits per heavy atom. The summed E-state index contributed by atoms with van der Waals surface area (Å²) in [6.07, 6.45) is 0. The number of anilines is 3. The van der Waals surface area contributed by atoms with E-state index < -0.39 is 0 Å². The van der Waals surface area contributed by atoms with Crippen molar-refractivity contribution in [2.45, 2.75) is 0 Å². The lowest BCUT2D eigenvalue weighted by Gasteiger charge is -2.30. The molecule has 0 fully saturated rings. The molecule has 0 atom stereocenters. The topological polar surface area (TPSA) is 16.4 Å². The van der Waals surface area contributed by atoms with Crippen LogP contribution in [-0.4, -0.2) is 0 Å². The van der Waals surface area contributed by atoms with Crippen LogP contribution in [0.3, 0.4) is 0 Å². The summed E-state index contributed by atoms with van der Waals surface area (Å²) in [5.41, 5.74) is 12.1. The molecule has 0 unspecified atom stereocenters. The Morgan fingerprint density at radius 1 is 0.346 bits per heavy atom. The molecule has 0 bridgehead atoms. The maximum absolute atomic E-state index is 6.52. The Morgan fingerprint density at radius 2 is 0.923 bits per heavy atom. The van der Waals surface area contributed by atoms with Gasteiger partial charge in [-0.05, 0) is 68.7 Å². The van der Waals surface area contributed by atoms with E-state index in [1.165, 1.54) is 38.2 Å². The molecule has 0 aliphatic carbocycles. The molecule has 0 aliphatic rings. The Kier molecular flexibility index (Phi) is 7.18. The number of hydrogen-bond donors (Lipinski definition) is 0. The minimum absolute atomic E-state index is 0.900. The summed E-state index contributed by atoms with van der Waals surface area (Å²) in [5, 5.41) is 7.10. The zero-order chi connectivity index (χ0) is 34.4. The number of rotatable bonds is 6. The van der Waals surface area contributed by atoms with Crippen LogP contribution in [0.5, 0.6) is 0 Å². The van der Waals surface area contributed by atoms with E-state index in [4.69, 9.17) is 4.42 Å². The zero-order valence-electron chi connectivity index (χ0n) is 28.4. The van der Waals surface area contributed by atoms with E-state index in [1.807, 2.05) is 12.1 Å². The van der Waals surface area contributed by atoms with Crippen LogP contribution >= 0.6 is 0 Å². The van der Waals surface area contributed by atoms with Crippen LogP contribution in [0.25, 0.3) is 76.9 Å². The average Bonchev–Trinajstić information content (AvgIpc) is 3.60. The molecule has 0 N–H and O–H groups in total. The average molecular weight is 664 g/mol. The molecule has 0 saturated carbocycles. The standard InChI is InChI=1S/C50H33NO/c1-2-15-35(16-3-1)40-26-11-19-36-20-12-28-44(49(36)40)42-24-6-8-30-47(42)51(46-31-13-18-34-17-4-5-23-39(34)46)38-22-10-21-37(33-38)41-27-14-29-45-43-25-7-9-32-48(43)52-50(41)45/h1-33H. The van der Waals surface area contributed by atoms with E-state index in [2.05, 4.69) is 193 Å². The second-order valence-corrected chi connectivity index (χ2v) is 13.3. The summed E-state index contributed by atoms with van der Waals surface area (Å²) in [7, 11) is 0. The zero-order valence-corrected chi connectivity index (χ0v) is 28.4. The normalized spacial score (nSPS) is 11.5. The van der Waals surface area contributed by atoms with Crippen molar-refractivity contribution in [1.82, 2.24) is 0 Å². The van der Waals surface area contributed by atoms with E-state index in [0.717, 1.165) is 55.7 Å². The van der Waals surface area contributed by atoms with Crippen LogP contribution in [0, 0.1) is 0 Å². The molecule has 1 aromatic heterocycles. The predicted molar refractivity (Wildman–Crippen MR) is 220 cm³/mol. The largest absolute Gasteiger partial charge is 0.455 e. The van der Waals surface area contributed by atoms with Gasteiger partial charge < -0.3 is 9.32 Å². The highest BCUT2D eigenvalue weighted by Gasteiger charge is 2.22. The van der Waals surface area contributed by atoms with Gasteiger partial charge in [-0.3, -0.25) is 0 Å². The van der Waals surface area contributed by atoms with Gasteiger partial charge in [0.1, 0.15) is 11.2 Å². The Labute approximate surface area is 302 Å². The molecule has 2 nitrogen and oxygen atoms in total. The Hall–Kier alpha value is -6.90. The lowest BCUT2D eigenvalue weighted by Crippen LogP contribution is -2.12. The first-order valence-electron chi connectivity index (χ1n) is 17.8. The monoisotopic (exact) mass is 663 g/mol. The Bertz CT molecular complexity index is 2910.